The molecule has 5 fully saturated rings. The van der Waals surface area contributed by atoms with Gasteiger partial charge in [-0.2, -0.15) is 0 Å². The summed E-state index contributed by atoms with van der Waals surface area (Å²) in [5.74, 6) is 0.156. The van der Waals surface area contributed by atoms with Crippen LogP contribution < -0.4 is 38.2 Å². The van der Waals surface area contributed by atoms with Crippen LogP contribution >= 0.6 is 23.2 Å². The summed E-state index contributed by atoms with van der Waals surface area (Å²) >= 11 is 12.5. The minimum absolute atomic E-state index is 0.0332. The second-order valence-electron chi connectivity index (χ2n) is 37.8. The van der Waals surface area contributed by atoms with Crippen molar-refractivity contribution in [3.63, 3.8) is 0 Å². The number of carbonyl (C=O) groups is 2. The highest BCUT2D eigenvalue weighted by molar-refractivity contribution is 7.90. The van der Waals surface area contributed by atoms with Gasteiger partial charge >= 0.3 is 0 Å². The molecule has 28 nitrogen and oxygen atoms in total. The van der Waals surface area contributed by atoms with E-state index in [-0.39, 0.29) is 68.2 Å². The molecule has 4 N–H and O–H groups in total. The Morgan fingerprint density at radius 2 is 0.992 bits per heavy atom. The molecule has 0 radical (unpaired) electrons. The van der Waals surface area contributed by atoms with Crippen molar-refractivity contribution < 1.29 is 55.2 Å². The summed E-state index contributed by atoms with van der Waals surface area (Å²) in [7, 11) is -9.23. The van der Waals surface area contributed by atoms with E-state index in [1.165, 1.54) is 83.6 Å². The maximum absolute atomic E-state index is 14.1. The number of ether oxygens (including phenoxy) is 4. The average molecular weight is 1830 g/mol. The molecule has 4 atom stereocenters. The van der Waals surface area contributed by atoms with Gasteiger partial charge in [-0.05, 0) is 208 Å². The molecule has 2 bridgehead atoms. The quantitative estimate of drug-likeness (QED) is 0.0322. The number of hydrogen-bond donors (Lipinski definition) is 4. The van der Waals surface area contributed by atoms with Gasteiger partial charge in [-0.3, -0.25) is 44.5 Å². The molecular formula is C97H108Cl2N14O14S2. The Balaban J connectivity index is 0.000000174. The molecule has 9 aliphatic rings. The highest BCUT2D eigenvalue weighted by Crippen LogP contribution is 2.48. The van der Waals surface area contributed by atoms with Crippen LogP contribution in [0, 0.1) is 48.8 Å². The first-order valence-electron chi connectivity index (χ1n) is 44.9. The summed E-state index contributed by atoms with van der Waals surface area (Å²) in [5, 5.41) is 27.8. The SMILES string of the molecule is CC1(C)CCC(CN2CCN(c3ccc(C(=O)NS(=O)(=O)c4cc5c(c([N+](=O)[O-])c4)C[C@@H](CN4CCCCC4)CO5)c(Oc4cnc5[nH]ccc5c4)c3)CC2)=C(c2ccc(Cl)cc2)C1.CC1(C)CCC(CN2CCN(c3ccc(C(=O)NS(=O)(=O)c4cc5c(c([N+](=O)[O-])c4)C[C@@H](CN4C[C@@H]6CC[C@H]4C6)CO5)c(Oc4cnc5[nH]ccc5c4)c3)CC2)=C(c2ccc(Cl)cc2)C1. The number of sulfonamides is 2. The molecule has 10 aromatic rings. The number of benzene rings is 6. The molecule has 19 rings (SSSR count). The molecule has 676 valence electrons. The van der Waals surface area contributed by atoms with Gasteiger partial charge < -0.3 is 43.6 Å². The van der Waals surface area contributed by atoms with Crippen LogP contribution in [0.4, 0.5) is 22.7 Å². The summed E-state index contributed by atoms with van der Waals surface area (Å²) in [6.07, 6.45) is 20.9. The van der Waals surface area contributed by atoms with Crippen LogP contribution in [0.1, 0.15) is 148 Å². The van der Waals surface area contributed by atoms with Gasteiger partial charge in [0.25, 0.3) is 43.2 Å². The van der Waals surface area contributed by atoms with E-state index < -0.39 is 51.5 Å². The predicted molar refractivity (Wildman–Crippen MR) is 498 cm³/mol. The number of hydrogen-bond acceptors (Lipinski definition) is 22. The van der Waals surface area contributed by atoms with Gasteiger partial charge in [0.15, 0.2) is 0 Å². The van der Waals surface area contributed by atoms with Gasteiger partial charge in [0.1, 0.15) is 45.8 Å². The first kappa shape index (κ1) is 88.7. The maximum atomic E-state index is 14.1. The number of nitro benzene ring substituents is 2. The Morgan fingerprint density at radius 1 is 0.543 bits per heavy atom. The molecule has 4 aromatic heterocycles. The predicted octanol–water partition coefficient (Wildman–Crippen LogP) is 17.7. The summed E-state index contributed by atoms with van der Waals surface area (Å²) < 4.78 is 84.9. The zero-order valence-electron chi connectivity index (χ0n) is 73.0. The van der Waals surface area contributed by atoms with E-state index in [0.29, 0.717) is 66.0 Å². The number of aromatic nitrogens is 4. The summed E-state index contributed by atoms with van der Waals surface area (Å²) in [6, 6.07) is 39.0. The van der Waals surface area contributed by atoms with E-state index in [9.17, 15) is 46.7 Å². The molecule has 32 heteroatoms. The van der Waals surface area contributed by atoms with Crippen molar-refractivity contribution in [2.75, 3.05) is 121 Å². The zero-order valence-corrected chi connectivity index (χ0v) is 76.1. The molecule has 1 saturated carbocycles. The number of carbonyl (C=O) groups excluding carboxylic acids is 2. The second kappa shape index (κ2) is 37.1. The fourth-order valence-electron chi connectivity index (χ4n) is 20.4. The minimum atomic E-state index is -4.62. The topological polar surface area (TPSA) is 326 Å². The van der Waals surface area contributed by atoms with Crippen molar-refractivity contribution in [2.24, 2.45) is 28.6 Å². The second-order valence-corrected chi connectivity index (χ2v) is 42.0. The van der Waals surface area contributed by atoms with Crippen LogP contribution in [0.5, 0.6) is 34.5 Å². The van der Waals surface area contributed by atoms with E-state index in [1.54, 1.807) is 60.9 Å². The van der Waals surface area contributed by atoms with Crippen LogP contribution in [-0.4, -0.2) is 195 Å². The molecular weight excluding hydrogens is 1720 g/mol. The Labute approximate surface area is 761 Å². The van der Waals surface area contributed by atoms with Gasteiger partial charge in [0.2, 0.25) is 0 Å². The van der Waals surface area contributed by atoms with Crippen LogP contribution in [0.2, 0.25) is 10.0 Å². The number of rotatable bonds is 24. The largest absolute Gasteiger partial charge is 0.493 e. The molecule has 10 heterocycles. The number of H-pyrrole nitrogens is 2. The Kier molecular flexibility index (Phi) is 25.5. The number of aromatic amines is 2. The van der Waals surface area contributed by atoms with Crippen molar-refractivity contribution in [2.45, 2.75) is 133 Å². The van der Waals surface area contributed by atoms with Gasteiger partial charge in [-0.15, -0.1) is 0 Å². The lowest BCUT2D eigenvalue weighted by Crippen LogP contribution is -2.47. The van der Waals surface area contributed by atoms with Gasteiger partial charge in [-0.25, -0.2) is 36.2 Å². The number of halogens is 2. The summed E-state index contributed by atoms with van der Waals surface area (Å²) in [5.41, 5.74) is 11.6. The number of piperidine rings is 2. The molecule has 2 amide bonds. The highest BCUT2D eigenvalue weighted by atomic mass is 35.5. The third-order valence-electron chi connectivity index (χ3n) is 27.4. The number of amides is 2. The van der Waals surface area contributed by atoms with E-state index in [2.05, 4.69) is 111 Å². The number of likely N-dealkylation sites (tertiary alicyclic amines) is 2. The van der Waals surface area contributed by atoms with Crippen LogP contribution in [0.3, 0.4) is 0 Å². The number of allylic oxidation sites excluding steroid dienone is 2. The Morgan fingerprint density at radius 3 is 1.42 bits per heavy atom. The van der Waals surface area contributed by atoms with Crippen LogP contribution in [0.25, 0.3) is 33.2 Å². The summed E-state index contributed by atoms with van der Waals surface area (Å²) in [6.45, 7) is 22.5. The summed E-state index contributed by atoms with van der Waals surface area (Å²) in [4.78, 5) is 80.2. The van der Waals surface area contributed by atoms with Crippen LogP contribution in [0.15, 0.2) is 179 Å². The fourth-order valence-corrected chi connectivity index (χ4v) is 22.6. The number of anilines is 2. The Hall–Kier alpha value is -11.0. The van der Waals surface area contributed by atoms with Crippen molar-refractivity contribution in [1.82, 2.24) is 49.0 Å². The van der Waals surface area contributed by atoms with E-state index in [1.807, 2.05) is 36.4 Å². The first-order chi connectivity index (χ1) is 62.0. The van der Waals surface area contributed by atoms with Crippen LogP contribution in [-0.2, 0) is 32.9 Å². The smallest absolute Gasteiger partial charge is 0.277 e. The third kappa shape index (κ3) is 20.3. The average Bonchev–Trinajstić information content (AvgIpc) is 1.33. The number of nitro groups is 2. The highest BCUT2D eigenvalue weighted by Gasteiger charge is 2.42. The number of nitrogens with one attached hydrogen (secondary N) is 4. The lowest BCUT2D eigenvalue weighted by molar-refractivity contribution is -0.386. The van der Waals surface area contributed by atoms with E-state index >= 15 is 0 Å². The Bertz CT molecular complexity index is 6260. The van der Waals surface area contributed by atoms with Crippen molar-refractivity contribution in [3.8, 4) is 34.5 Å². The van der Waals surface area contributed by atoms with Gasteiger partial charge in [0, 0.05) is 184 Å². The lowest BCUT2D eigenvalue weighted by Gasteiger charge is -2.39. The molecule has 3 aliphatic carbocycles. The minimum Gasteiger partial charge on any atom is -0.493 e. The molecule has 6 aliphatic heterocycles. The van der Waals surface area contributed by atoms with E-state index in [0.717, 1.165) is 200 Å². The maximum Gasteiger partial charge on any atom is 0.277 e. The number of piperazine rings is 2. The fraction of sp³-hybridized carbons (Fsp3) is 0.423. The zero-order chi connectivity index (χ0) is 89.6. The van der Waals surface area contributed by atoms with Gasteiger partial charge in [-0.1, -0.05) is 92.7 Å². The van der Waals surface area contributed by atoms with Gasteiger partial charge in [0.05, 0.1) is 67.5 Å². The standard InChI is InChI=1S/C49H54ClN7O7S.C48H54ClN7O7S/c1-49(2)13-11-35(43(25-49)33-4-6-36(50)7-5-33)29-54-15-17-55(18-16-54)38-9-10-41(46(22-38)64-39-21-34-12-14-51-47(34)52-26-39)48(58)53-65(61,62)40-23-44(57(59)60)42-20-32(30-63-45(42)24-40)28-56-27-31-3-8-37(56)19-31;1-48(2)14-12-35(42(27-48)33-6-8-36(49)9-7-33)30-54-18-20-55(21-19-54)37-10-11-40(45(24-37)63-38-23-34-13-15-50-46(34)51-28-38)47(57)52-64(60,61)39-25-43(56(58)59)41-22-32(31-62-44(41)26-39)29-53-16-4-3-5-17-53/h4-7,9-10,12,14,21-24,26,31-32,37H,3,8,11,13,15-20,25,27-30H2,1-2H3,(H,51,52)(H,53,58);6-11,13,15,23-26,28,32H,3-5,12,14,16-22,27,29-31H2,1-2H3,(H,50,51)(H,52,57)/t31-,32+,37+;32-/m10/s1. The van der Waals surface area contributed by atoms with Crippen molar-refractivity contribution in [1.29, 1.82) is 0 Å². The van der Waals surface area contributed by atoms with E-state index in [4.69, 9.17) is 42.1 Å². The molecule has 4 saturated heterocycles. The molecule has 0 unspecified atom stereocenters. The normalized spacial score (nSPS) is 20.9. The molecule has 129 heavy (non-hydrogen) atoms. The first-order valence-corrected chi connectivity index (χ1v) is 48.6. The van der Waals surface area contributed by atoms with Crippen molar-refractivity contribution >= 4 is 111 Å². The molecule has 0 spiro atoms. The molecule has 6 aromatic carbocycles. The number of nitrogens with zero attached hydrogens (tertiary/aromatic N) is 10. The monoisotopic (exact) mass is 1830 g/mol. The third-order valence-corrected chi connectivity index (χ3v) is 30.5. The number of pyridine rings is 2. The lowest BCUT2D eigenvalue weighted by atomic mass is 9.72. The van der Waals surface area contributed by atoms with Crippen molar-refractivity contribution in [3.05, 3.63) is 233 Å². The number of fused-ring (bicyclic) bond motifs is 6.